The summed E-state index contributed by atoms with van der Waals surface area (Å²) in [6, 6.07) is 3.21. The van der Waals surface area contributed by atoms with E-state index in [-0.39, 0.29) is 24.2 Å². The van der Waals surface area contributed by atoms with Crippen LogP contribution in [0, 0.1) is 23.0 Å². The van der Waals surface area contributed by atoms with Gasteiger partial charge in [-0.05, 0) is 17.9 Å². The first-order chi connectivity index (χ1) is 10.4. The van der Waals surface area contributed by atoms with E-state index < -0.39 is 4.92 Å². The first-order valence-electron chi connectivity index (χ1n) is 6.82. The van der Waals surface area contributed by atoms with Crippen molar-refractivity contribution in [2.75, 3.05) is 0 Å². The van der Waals surface area contributed by atoms with Crippen molar-refractivity contribution in [1.29, 1.82) is 0 Å². The fraction of sp³-hybridized carbons (Fsp3) is 0.462. The van der Waals surface area contributed by atoms with Crippen LogP contribution in [0.1, 0.15) is 18.3 Å². The van der Waals surface area contributed by atoms with E-state index in [1.807, 2.05) is 6.07 Å². The molecule has 22 heavy (non-hydrogen) atoms. The third-order valence-electron chi connectivity index (χ3n) is 3.26. The molecular formula is C13H18N6O3. The van der Waals surface area contributed by atoms with E-state index in [4.69, 9.17) is 0 Å². The number of aryl methyl sites for hydroxylation is 2. The van der Waals surface area contributed by atoms with Crippen LogP contribution in [-0.4, -0.2) is 30.4 Å². The van der Waals surface area contributed by atoms with E-state index in [2.05, 4.69) is 15.5 Å². The normalized spacial score (nSPS) is 12.1. The highest BCUT2D eigenvalue weighted by molar-refractivity contribution is 5.78. The molecule has 1 atom stereocenters. The van der Waals surface area contributed by atoms with E-state index >= 15 is 0 Å². The molecule has 1 N–H and O–H groups in total. The van der Waals surface area contributed by atoms with Gasteiger partial charge in [0.25, 0.3) is 0 Å². The lowest BCUT2D eigenvalue weighted by Crippen LogP contribution is -2.31. The summed E-state index contributed by atoms with van der Waals surface area (Å²) in [6.45, 7) is 4.11. The Bertz CT molecular complexity index is 690. The second-order valence-corrected chi connectivity index (χ2v) is 5.18. The van der Waals surface area contributed by atoms with Crippen molar-refractivity contribution in [3.05, 3.63) is 39.8 Å². The molecule has 2 aromatic heterocycles. The number of hydrogen-bond donors (Lipinski definition) is 1. The third kappa shape index (κ3) is 3.68. The van der Waals surface area contributed by atoms with Gasteiger partial charge in [-0.1, -0.05) is 6.92 Å². The Hall–Kier alpha value is -2.71. The number of nitro groups is 1. The fourth-order valence-corrected chi connectivity index (χ4v) is 2.02. The molecule has 0 fully saturated rings. The number of nitrogens with zero attached hydrogens (tertiary/aromatic N) is 5. The van der Waals surface area contributed by atoms with Gasteiger partial charge in [0, 0.05) is 13.2 Å². The highest BCUT2D eigenvalue weighted by Crippen LogP contribution is 2.13. The molecule has 0 saturated carbocycles. The Labute approximate surface area is 127 Å². The van der Waals surface area contributed by atoms with Crippen molar-refractivity contribution >= 4 is 11.7 Å². The standard InChI is InChI=1S/C13H18N6O3/c1-9(8-18-10(2)6-12(16-18)19(21)22)13(20)14-7-11-4-5-17(3)15-11/h4-6,9H,7-8H2,1-3H3,(H,14,20). The predicted molar refractivity (Wildman–Crippen MR) is 77.8 cm³/mol. The summed E-state index contributed by atoms with van der Waals surface area (Å²) in [5, 5.41) is 21.5. The predicted octanol–water partition coefficient (Wildman–Crippen LogP) is 0.786. The molecule has 0 aliphatic heterocycles. The molecule has 1 amide bonds. The fourth-order valence-electron chi connectivity index (χ4n) is 2.02. The lowest BCUT2D eigenvalue weighted by atomic mass is 10.1. The van der Waals surface area contributed by atoms with Crippen LogP contribution >= 0.6 is 0 Å². The lowest BCUT2D eigenvalue weighted by Gasteiger charge is -2.10. The number of hydrogen-bond acceptors (Lipinski definition) is 5. The monoisotopic (exact) mass is 306 g/mol. The van der Waals surface area contributed by atoms with E-state index in [0.29, 0.717) is 12.2 Å². The number of amides is 1. The van der Waals surface area contributed by atoms with Crippen molar-refractivity contribution in [3.63, 3.8) is 0 Å². The summed E-state index contributed by atoms with van der Waals surface area (Å²) in [4.78, 5) is 22.2. The Morgan fingerprint density at radius 3 is 2.77 bits per heavy atom. The van der Waals surface area contributed by atoms with Gasteiger partial charge in [-0.2, -0.15) is 9.78 Å². The van der Waals surface area contributed by atoms with Gasteiger partial charge in [0.15, 0.2) is 0 Å². The van der Waals surface area contributed by atoms with Gasteiger partial charge in [0.1, 0.15) is 0 Å². The van der Waals surface area contributed by atoms with Gasteiger partial charge in [-0.15, -0.1) is 0 Å². The van der Waals surface area contributed by atoms with E-state index in [9.17, 15) is 14.9 Å². The lowest BCUT2D eigenvalue weighted by molar-refractivity contribution is -0.389. The minimum atomic E-state index is -0.546. The molecule has 0 bridgehead atoms. The van der Waals surface area contributed by atoms with Crippen LogP contribution in [-0.2, 0) is 24.9 Å². The molecule has 0 radical (unpaired) electrons. The van der Waals surface area contributed by atoms with Crippen molar-refractivity contribution < 1.29 is 9.72 Å². The summed E-state index contributed by atoms with van der Waals surface area (Å²) in [5.74, 6) is -0.719. The largest absolute Gasteiger partial charge is 0.390 e. The first-order valence-corrected chi connectivity index (χ1v) is 6.82. The average molecular weight is 306 g/mol. The maximum atomic E-state index is 12.1. The van der Waals surface area contributed by atoms with Crippen LogP contribution in [0.5, 0.6) is 0 Å². The third-order valence-corrected chi connectivity index (χ3v) is 3.26. The zero-order valence-corrected chi connectivity index (χ0v) is 12.7. The highest BCUT2D eigenvalue weighted by Gasteiger charge is 2.20. The van der Waals surface area contributed by atoms with Gasteiger partial charge in [0.2, 0.25) is 5.91 Å². The van der Waals surface area contributed by atoms with Crippen LogP contribution in [0.25, 0.3) is 0 Å². The molecular weight excluding hydrogens is 288 g/mol. The van der Waals surface area contributed by atoms with Crippen LogP contribution in [0.2, 0.25) is 0 Å². The molecule has 0 aliphatic rings. The van der Waals surface area contributed by atoms with E-state index in [1.54, 1.807) is 31.8 Å². The molecule has 9 nitrogen and oxygen atoms in total. The van der Waals surface area contributed by atoms with Crippen LogP contribution in [0.3, 0.4) is 0 Å². The Morgan fingerprint density at radius 1 is 1.50 bits per heavy atom. The molecule has 0 aliphatic carbocycles. The first kappa shape index (κ1) is 15.7. The number of carbonyl (C=O) groups is 1. The number of rotatable bonds is 6. The molecule has 0 saturated heterocycles. The SMILES string of the molecule is Cc1cc([N+](=O)[O-])nn1CC(C)C(=O)NCc1ccn(C)n1. The molecule has 0 spiro atoms. The van der Waals surface area contributed by atoms with Crippen molar-refractivity contribution in [3.8, 4) is 0 Å². The average Bonchev–Trinajstić information content (AvgIpc) is 3.03. The summed E-state index contributed by atoms with van der Waals surface area (Å²) in [5.41, 5.74) is 1.42. The van der Waals surface area contributed by atoms with Crippen LogP contribution in [0.15, 0.2) is 18.3 Å². The maximum absolute atomic E-state index is 12.1. The zero-order valence-electron chi connectivity index (χ0n) is 12.7. The summed E-state index contributed by atoms with van der Waals surface area (Å²) in [7, 11) is 1.81. The number of nitrogens with one attached hydrogen (secondary N) is 1. The molecule has 118 valence electrons. The second kappa shape index (κ2) is 6.37. The number of aromatic nitrogens is 4. The van der Waals surface area contributed by atoms with E-state index in [0.717, 1.165) is 5.69 Å². The molecule has 9 heteroatoms. The highest BCUT2D eigenvalue weighted by atomic mass is 16.6. The molecule has 1 unspecified atom stereocenters. The van der Waals surface area contributed by atoms with Crippen LogP contribution in [0.4, 0.5) is 5.82 Å². The van der Waals surface area contributed by atoms with Crippen LogP contribution < -0.4 is 5.32 Å². The number of carbonyl (C=O) groups excluding carboxylic acids is 1. The van der Waals surface area contributed by atoms with Crippen molar-refractivity contribution in [2.45, 2.75) is 26.9 Å². The quantitative estimate of drug-likeness (QED) is 0.627. The Morgan fingerprint density at radius 2 is 2.23 bits per heavy atom. The van der Waals surface area contributed by atoms with Gasteiger partial charge >= 0.3 is 5.82 Å². The summed E-state index contributed by atoms with van der Waals surface area (Å²) < 4.78 is 3.14. The molecule has 2 aromatic rings. The topological polar surface area (TPSA) is 108 Å². The van der Waals surface area contributed by atoms with Crippen molar-refractivity contribution in [2.24, 2.45) is 13.0 Å². The van der Waals surface area contributed by atoms with Gasteiger partial charge < -0.3 is 15.4 Å². The van der Waals surface area contributed by atoms with Crippen molar-refractivity contribution in [1.82, 2.24) is 24.9 Å². The summed E-state index contributed by atoms with van der Waals surface area (Å²) in [6.07, 6.45) is 1.80. The maximum Gasteiger partial charge on any atom is 0.390 e. The minimum Gasteiger partial charge on any atom is -0.358 e. The van der Waals surface area contributed by atoms with E-state index in [1.165, 1.54) is 10.7 Å². The zero-order chi connectivity index (χ0) is 16.3. The minimum absolute atomic E-state index is 0.150. The van der Waals surface area contributed by atoms with Gasteiger partial charge in [0.05, 0.1) is 41.6 Å². The Balaban J connectivity index is 1.92. The van der Waals surface area contributed by atoms with Gasteiger partial charge in [-0.25, -0.2) is 0 Å². The summed E-state index contributed by atoms with van der Waals surface area (Å²) >= 11 is 0. The molecule has 2 rings (SSSR count). The molecule has 2 heterocycles. The van der Waals surface area contributed by atoms with Gasteiger partial charge in [-0.3, -0.25) is 9.48 Å². The molecule has 0 aromatic carbocycles. The Kier molecular flexibility index (Phi) is 4.54. The smallest absolute Gasteiger partial charge is 0.358 e. The second-order valence-electron chi connectivity index (χ2n) is 5.18.